The quantitative estimate of drug-likeness (QED) is 0.738. The zero-order valence-electron chi connectivity index (χ0n) is 19.7. The maximum Gasteiger partial charge on any atom is 0.317 e. The van der Waals surface area contributed by atoms with Gasteiger partial charge in [0.2, 0.25) is 5.91 Å². The molecule has 0 radical (unpaired) electrons. The third-order valence-corrected chi connectivity index (χ3v) is 6.79. The molecule has 3 amide bonds. The van der Waals surface area contributed by atoms with Gasteiger partial charge in [0.25, 0.3) is 0 Å². The lowest BCUT2D eigenvalue weighted by atomic mass is 9.97. The molecule has 2 aliphatic rings. The van der Waals surface area contributed by atoms with Crippen LogP contribution in [0, 0.1) is 12.8 Å². The number of hydrogen-bond acceptors (Lipinski definition) is 3. The Balaban J connectivity index is 1.17. The highest BCUT2D eigenvalue weighted by Crippen LogP contribution is 2.18. The van der Waals surface area contributed by atoms with Crippen LogP contribution in [0.3, 0.4) is 0 Å². The van der Waals surface area contributed by atoms with Gasteiger partial charge < -0.3 is 15.1 Å². The van der Waals surface area contributed by atoms with Crippen LogP contribution in [0.1, 0.15) is 29.5 Å². The molecule has 6 heteroatoms. The van der Waals surface area contributed by atoms with Crippen LogP contribution in [0.15, 0.2) is 54.6 Å². The van der Waals surface area contributed by atoms with Gasteiger partial charge in [-0.2, -0.15) is 0 Å². The predicted octanol–water partition coefficient (Wildman–Crippen LogP) is 3.30. The Morgan fingerprint density at radius 3 is 2.30 bits per heavy atom. The second-order valence-corrected chi connectivity index (χ2v) is 9.45. The first kappa shape index (κ1) is 23.3. The Morgan fingerprint density at radius 2 is 1.58 bits per heavy atom. The van der Waals surface area contributed by atoms with Gasteiger partial charge in [-0.25, -0.2) is 4.79 Å². The van der Waals surface area contributed by atoms with Crippen LogP contribution in [-0.2, 0) is 17.8 Å². The van der Waals surface area contributed by atoms with Gasteiger partial charge in [0.15, 0.2) is 0 Å². The maximum atomic E-state index is 12.7. The summed E-state index contributed by atoms with van der Waals surface area (Å²) < 4.78 is 0. The second kappa shape index (κ2) is 11.3. The van der Waals surface area contributed by atoms with Crippen LogP contribution in [0.2, 0.25) is 0 Å². The molecule has 1 unspecified atom stereocenters. The Labute approximate surface area is 197 Å². The van der Waals surface area contributed by atoms with E-state index in [1.807, 2.05) is 41.0 Å². The third-order valence-electron chi connectivity index (χ3n) is 6.79. The number of nitrogens with one attached hydrogen (secondary N) is 1. The normalized spacial score (nSPS) is 19.4. The van der Waals surface area contributed by atoms with E-state index in [0.29, 0.717) is 38.5 Å². The number of hydrogen-bond donors (Lipinski definition) is 1. The number of urea groups is 1. The number of carbonyl (C=O) groups excluding carboxylic acids is 2. The molecule has 0 bridgehead atoms. The van der Waals surface area contributed by atoms with Gasteiger partial charge in [0, 0.05) is 45.8 Å². The van der Waals surface area contributed by atoms with Crippen LogP contribution < -0.4 is 5.32 Å². The monoisotopic (exact) mass is 448 g/mol. The molecule has 6 nitrogen and oxygen atoms in total. The van der Waals surface area contributed by atoms with Crippen LogP contribution in [0.25, 0.3) is 0 Å². The molecule has 1 N–H and O–H groups in total. The summed E-state index contributed by atoms with van der Waals surface area (Å²) in [6.45, 7) is 8.28. The minimum atomic E-state index is 0.000756. The van der Waals surface area contributed by atoms with E-state index < -0.39 is 0 Å². The zero-order valence-corrected chi connectivity index (χ0v) is 19.7. The van der Waals surface area contributed by atoms with Crippen molar-refractivity contribution in [3.63, 3.8) is 0 Å². The van der Waals surface area contributed by atoms with Gasteiger partial charge in [-0.3, -0.25) is 9.69 Å². The highest BCUT2D eigenvalue weighted by atomic mass is 16.2. The number of carbonyl (C=O) groups is 2. The van der Waals surface area contributed by atoms with Gasteiger partial charge in [0.1, 0.15) is 0 Å². The van der Waals surface area contributed by atoms with E-state index in [9.17, 15) is 9.59 Å². The Bertz CT molecular complexity index is 907. The molecule has 2 aromatic rings. The van der Waals surface area contributed by atoms with E-state index in [0.717, 1.165) is 38.2 Å². The zero-order chi connectivity index (χ0) is 23.0. The largest absolute Gasteiger partial charge is 0.339 e. The van der Waals surface area contributed by atoms with Crippen molar-refractivity contribution in [2.45, 2.75) is 32.7 Å². The summed E-state index contributed by atoms with van der Waals surface area (Å²) in [5.74, 6) is 0.628. The van der Waals surface area contributed by atoms with Crippen molar-refractivity contribution >= 4 is 11.9 Å². The highest BCUT2D eigenvalue weighted by Gasteiger charge is 2.25. The van der Waals surface area contributed by atoms with Crippen LogP contribution in [-0.4, -0.2) is 72.5 Å². The predicted molar refractivity (Wildman–Crippen MR) is 131 cm³/mol. The Hall–Kier alpha value is -2.86. The van der Waals surface area contributed by atoms with E-state index in [1.165, 1.54) is 17.5 Å². The molecular weight excluding hydrogens is 412 g/mol. The minimum absolute atomic E-state index is 0.000756. The summed E-state index contributed by atoms with van der Waals surface area (Å²) in [4.78, 5) is 31.6. The van der Waals surface area contributed by atoms with E-state index in [2.05, 4.69) is 40.5 Å². The van der Waals surface area contributed by atoms with Crippen LogP contribution in [0.5, 0.6) is 0 Å². The molecule has 2 heterocycles. The fraction of sp³-hybridized carbons (Fsp3) is 0.481. The molecule has 2 saturated heterocycles. The first-order valence-corrected chi connectivity index (χ1v) is 12.2. The number of nitrogens with zero attached hydrogens (tertiary/aromatic N) is 3. The number of amides is 3. The van der Waals surface area contributed by atoms with Gasteiger partial charge in [-0.05, 0) is 43.4 Å². The lowest BCUT2D eigenvalue weighted by Crippen LogP contribution is -2.54. The smallest absolute Gasteiger partial charge is 0.317 e. The van der Waals surface area contributed by atoms with Crippen molar-refractivity contribution in [3.05, 3.63) is 71.3 Å². The van der Waals surface area contributed by atoms with E-state index in [1.54, 1.807) is 0 Å². The molecule has 0 aliphatic carbocycles. The van der Waals surface area contributed by atoms with Gasteiger partial charge >= 0.3 is 6.03 Å². The number of piperazine rings is 1. The summed E-state index contributed by atoms with van der Waals surface area (Å²) in [5, 5.41) is 3.15. The third kappa shape index (κ3) is 6.81. The first-order chi connectivity index (χ1) is 16.1. The van der Waals surface area contributed by atoms with Gasteiger partial charge in [-0.15, -0.1) is 0 Å². The summed E-state index contributed by atoms with van der Waals surface area (Å²) in [6.07, 6.45) is 2.76. The van der Waals surface area contributed by atoms with Crippen molar-refractivity contribution in [2.24, 2.45) is 5.92 Å². The average Bonchev–Trinajstić information content (AvgIpc) is 2.85. The minimum Gasteiger partial charge on any atom is -0.339 e. The fourth-order valence-electron chi connectivity index (χ4n) is 4.80. The maximum absolute atomic E-state index is 12.7. The molecule has 2 aromatic carbocycles. The lowest BCUT2D eigenvalue weighted by Gasteiger charge is -2.36. The fourth-order valence-corrected chi connectivity index (χ4v) is 4.80. The number of piperidine rings is 1. The number of benzene rings is 2. The molecule has 176 valence electrons. The van der Waals surface area contributed by atoms with E-state index in [-0.39, 0.29) is 11.9 Å². The van der Waals surface area contributed by atoms with Crippen molar-refractivity contribution in [1.29, 1.82) is 0 Å². The van der Waals surface area contributed by atoms with Crippen molar-refractivity contribution in [3.8, 4) is 0 Å². The molecule has 0 saturated carbocycles. The Kier molecular flexibility index (Phi) is 8.00. The van der Waals surface area contributed by atoms with Gasteiger partial charge in [0.05, 0.1) is 6.42 Å². The van der Waals surface area contributed by atoms with Crippen molar-refractivity contribution in [1.82, 2.24) is 20.0 Å². The molecular formula is C27H36N4O2. The number of rotatable bonds is 6. The average molecular weight is 449 g/mol. The standard InChI is InChI=1S/C27H36N4O2/c1-22-9-11-23(12-10-22)18-26(32)30-14-16-31(17-15-30)27(33)28-19-25-8-5-13-29(21-25)20-24-6-3-2-4-7-24/h2-4,6-7,9-12,25H,5,8,13-21H2,1H3,(H,28,33). The summed E-state index contributed by atoms with van der Waals surface area (Å²) in [5.41, 5.74) is 3.58. The van der Waals surface area contributed by atoms with Crippen molar-refractivity contribution in [2.75, 3.05) is 45.8 Å². The van der Waals surface area contributed by atoms with Gasteiger partial charge in [-0.1, -0.05) is 60.2 Å². The Morgan fingerprint density at radius 1 is 0.879 bits per heavy atom. The highest BCUT2D eigenvalue weighted by molar-refractivity contribution is 5.79. The topological polar surface area (TPSA) is 55.9 Å². The van der Waals surface area contributed by atoms with E-state index >= 15 is 0 Å². The SMILES string of the molecule is Cc1ccc(CC(=O)N2CCN(C(=O)NCC3CCCN(Cc4ccccc4)C3)CC2)cc1. The number of likely N-dealkylation sites (tertiary alicyclic amines) is 1. The molecule has 4 rings (SSSR count). The second-order valence-electron chi connectivity index (χ2n) is 9.45. The van der Waals surface area contributed by atoms with Crippen LogP contribution >= 0.6 is 0 Å². The van der Waals surface area contributed by atoms with Crippen LogP contribution in [0.4, 0.5) is 4.79 Å². The summed E-state index contributed by atoms with van der Waals surface area (Å²) >= 11 is 0. The number of aryl methyl sites for hydroxylation is 1. The molecule has 2 aliphatic heterocycles. The molecule has 1 atom stereocenters. The molecule has 0 spiro atoms. The first-order valence-electron chi connectivity index (χ1n) is 12.2. The molecule has 33 heavy (non-hydrogen) atoms. The molecule has 0 aromatic heterocycles. The van der Waals surface area contributed by atoms with E-state index in [4.69, 9.17) is 0 Å². The van der Waals surface area contributed by atoms with Crippen molar-refractivity contribution < 1.29 is 9.59 Å². The molecule has 2 fully saturated rings. The lowest BCUT2D eigenvalue weighted by molar-refractivity contribution is -0.131. The summed E-state index contributed by atoms with van der Waals surface area (Å²) in [7, 11) is 0. The summed E-state index contributed by atoms with van der Waals surface area (Å²) in [6, 6.07) is 18.7.